The Bertz CT molecular complexity index is 301. The number of nitrogens with zero attached hydrogens (tertiary/aromatic N) is 1. The second kappa shape index (κ2) is 14.2. The van der Waals surface area contributed by atoms with Gasteiger partial charge in [0, 0.05) is 25.4 Å². The third-order valence-electron chi connectivity index (χ3n) is 2.92. The topological polar surface area (TPSA) is 79.5 Å². The minimum absolute atomic E-state index is 0.331. The highest BCUT2D eigenvalue weighted by Gasteiger charge is 2.20. The summed E-state index contributed by atoms with van der Waals surface area (Å²) in [7, 11) is 0. The van der Waals surface area contributed by atoms with Crippen molar-refractivity contribution in [3.63, 3.8) is 0 Å². The SMILES string of the molecule is CCOC(CSC(CCCCCCC#N)C(=O)O)OCC. The smallest absolute Gasteiger partial charge is 0.316 e. The van der Waals surface area contributed by atoms with Crippen LogP contribution in [0.2, 0.25) is 0 Å². The molecule has 0 saturated carbocycles. The van der Waals surface area contributed by atoms with Crippen molar-refractivity contribution in [3.05, 3.63) is 0 Å². The van der Waals surface area contributed by atoms with Gasteiger partial charge in [-0.25, -0.2) is 0 Å². The van der Waals surface area contributed by atoms with Crippen LogP contribution in [0.5, 0.6) is 0 Å². The van der Waals surface area contributed by atoms with Crippen LogP contribution in [-0.2, 0) is 14.3 Å². The zero-order valence-electron chi connectivity index (χ0n) is 13.0. The first-order chi connectivity index (χ1) is 10.2. The fourth-order valence-electron chi connectivity index (χ4n) is 1.88. The van der Waals surface area contributed by atoms with Gasteiger partial charge in [-0.1, -0.05) is 19.3 Å². The molecule has 0 aromatic heterocycles. The van der Waals surface area contributed by atoms with Crippen molar-refractivity contribution in [2.75, 3.05) is 19.0 Å². The lowest BCUT2D eigenvalue weighted by molar-refractivity contribution is -0.136. The van der Waals surface area contributed by atoms with E-state index >= 15 is 0 Å². The summed E-state index contributed by atoms with van der Waals surface area (Å²) in [6.07, 6.45) is 4.65. The third kappa shape index (κ3) is 11.6. The van der Waals surface area contributed by atoms with Gasteiger partial charge in [0.05, 0.1) is 6.07 Å². The van der Waals surface area contributed by atoms with Crippen LogP contribution in [0.1, 0.15) is 52.4 Å². The Morgan fingerprint density at radius 1 is 1.19 bits per heavy atom. The molecule has 0 spiro atoms. The summed E-state index contributed by atoms with van der Waals surface area (Å²) in [6, 6.07) is 2.12. The highest BCUT2D eigenvalue weighted by atomic mass is 32.2. The van der Waals surface area contributed by atoms with Crippen LogP contribution in [0.4, 0.5) is 0 Å². The predicted octanol–water partition coefficient (Wildman–Crippen LogP) is 3.44. The van der Waals surface area contributed by atoms with Gasteiger partial charge >= 0.3 is 5.97 Å². The molecule has 0 fully saturated rings. The van der Waals surface area contributed by atoms with E-state index in [4.69, 9.17) is 14.7 Å². The summed E-state index contributed by atoms with van der Waals surface area (Å²) < 4.78 is 10.8. The first-order valence-electron chi connectivity index (χ1n) is 7.60. The molecule has 1 N–H and O–H groups in total. The Kier molecular flexibility index (Phi) is 13.7. The van der Waals surface area contributed by atoms with E-state index in [0.29, 0.717) is 31.8 Å². The van der Waals surface area contributed by atoms with E-state index in [1.807, 2.05) is 13.8 Å². The normalized spacial score (nSPS) is 12.3. The molecule has 0 aliphatic carbocycles. The number of carboxylic acid groups (broad SMARTS) is 1. The summed E-state index contributed by atoms with van der Waals surface area (Å²) >= 11 is 1.38. The largest absolute Gasteiger partial charge is 0.480 e. The molecule has 0 bridgehead atoms. The second-order valence-corrected chi connectivity index (χ2v) is 5.85. The molecule has 0 amide bonds. The number of aliphatic carboxylic acids is 1. The lowest BCUT2D eigenvalue weighted by Gasteiger charge is -2.19. The summed E-state index contributed by atoms with van der Waals surface area (Å²) in [5, 5.41) is 17.3. The summed E-state index contributed by atoms with van der Waals surface area (Å²) in [5.74, 6) is -0.239. The highest BCUT2D eigenvalue weighted by molar-refractivity contribution is 8.00. The van der Waals surface area contributed by atoms with Gasteiger partial charge in [-0.15, -0.1) is 11.8 Å². The molecule has 1 atom stereocenters. The van der Waals surface area contributed by atoms with E-state index in [-0.39, 0.29) is 6.29 Å². The molecule has 0 aromatic rings. The van der Waals surface area contributed by atoms with Crippen molar-refractivity contribution in [1.82, 2.24) is 0 Å². The van der Waals surface area contributed by atoms with E-state index in [1.165, 1.54) is 11.8 Å². The second-order valence-electron chi connectivity index (χ2n) is 4.61. The first kappa shape index (κ1) is 20.2. The predicted molar refractivity (Wildman–Crippen MR) is 84.2 cm³/mol. The molecule has 21 heavy (non-hydrogen) atoms. The average molecular weight is 317 g/mol. The Labute approximate surface area is 132 Å². The van der Waals surface area contributed by atoms with Crippen molar-refractivity contribution in [2.45, 2.75) is 63.9 Å². The number of ether oxygens (including phenoxy) is 2. The molecular weight excluding hydrogens is 290 g/mol. The van der Waals surface area contributed by atoms with E-state index in [1.54, 1.807) is 0 Å². The molecule has 6 heteroatoms. The maximum absolute atomic E-state index is 11.2. The molecule has 0 radical (unpaired) electrons. The number of nitriles is 1. The van der Waals surface area contributed by atoms with E-state index in [9.17, 15) is 9.90 Å². The molecule has 0 heterocycles. The van der Waals surface area contributed by atoms with Gasteiger partial charge < -0.3 is 14.6 Å². The first-order valence-corrected chi connectivity index (χ1v) is 8.65. The van der Waals surface area contributed by atoms with Crippen LogP contribution < -0.4 is 0 Å². The maximum atomic E-state index is 11.2. The van der Waals surface area contributed by atoms with E-state index in [0.717, 1.165) is 25.7 Å². The van der Waals surface area contributed by atoms with Gasteiger partial charge in [0.25, 0.3) is 0 Å². The van der Waals surface area contributed by atoms with Crippen molar-refractivity contribution >= 4 is 17.7 Å². The third-order valence-corrected chi connectivity index (χ3v) is 4.22. The fourth-order valence-corrected chi connectivity index (χ4v) is 2.93. The number of hydrogen-bond donors (Lipinski definition) is 1. The Morgan fingerprint density at radius 2 is 1.81 bits per heavy atom. The molecule has 0 aromatic carbocycles. The average Bonchev–Trinajstić information content (AvgIpc) is 2.45. The fraction of sp³-hybridized carbons (Fsp3) is 0.867. The molecule has 0 aliphatic heterocycles. The number of carboxylic acids is 1. The number of thioether (sulfide) groups is 1. The zero-order valence-corrected chi connectivity index (χ0v) is 13.9. The van der Waals surface area contributed by atoms with Crippen LogP contribution in [0.25, 0.3) is 0 Å². The molecule has 122 valence electrons. The Balaban J connectivity index is 3.95. The number of carbonyl (C=O) groups is 1. The van der Waals surface area contributed by atoms with Gasteiger partial charge in [0.2, 0.25) is 0 Å². The van der Waals surface area contributed by atoms with Gasteiger partial charge in [-0.05, 0) is 26.7 Å². The molecule has 0 saturated heterocycles. The monoisotopic (exact) mass is 317 g/mol. The quantitative estimate of drug-likeness (QED) is 0.390. The van der Waals surface area contributed by atoms with Gasteiger partial charge in [0.1, 0.15) is 5.25 Å². The Hall–Kier alpha value is -0.770. The van der Waals surface area contributed by atoms with Crippen molar-refractivity contribution in [3.8, 4) is 6.07 Å². The number of unbranched alkanes of at least 4 members (excludes halogenated alkanes) is 4. The maximum Gasteiger partial charge on any atom is 0.316 e. The standard InChI is InChI=1S/C15H27NO4S/c1-3-19-14(20-4-2)12-21-13(15(17)18)10-8-6-5-7-9-11-16/h13-14H,3-10,12H2,1-2H3,(H,17,18). The zero-order chi connectivity index (χ0) is 15.9. The molecule has 0 rings (SSSR count). The van der Waals surface area contributed by atoms with Crippen LogP contribution in [-0.4, -0.2) is 41.6 Å². The van der Waals surface area contributed by atoms with Crippen LogP contribution in [0, 0.1) is 11.3 Å². The van der Waals surface area contributed by atoms with Crippen molar-refractivity contribution in [1.29, 1.82) is 5.26 Å². The number of rotatable bonds is 14. The van der Waals surface area contributed by atoms with Gasteiger partial charge in [-0.2, -0.15) is 5.26 Å². The van der Waals surface area contributed by atoms with Crippen molar-refractivity contribution in [2.24, 2.45) is 0 Å². The summed E-state index contributed by atoms with van der Waals surface area (Å²) in [6.45, 7) is 4.91. The van der Waals surface area contributed by atoms with E-state index < -0.39 is 11.2 Å². The van der Waals surface area contributed by atoms with Crippen LogP contribution in [0.15, 0.2) is 0 Å². The van der Waals surface area contributed by atoms with Crippen molar-refractivity contribution < 1.29 is 19.4 Å². The Morgan fingerprint density at radius 3 is 2.33 bits per heavy atom. The number of hydrogen-bond acceptors (Lipinski definition) is 5. The lowest BCUT2D eigenvalue weighted by atomic mass is 10.1. The molecule has 1 unspecified atom stereocenters. The van der Waals surface area contributed by atoms with Gasteiger partial charge in [-0.3, -0.25) is 4.79 Å². The summed E-state index contributed by atoms with van der Waals surface area (Å²) in [5.41, 5.74) is 0. The minimum atomic E-state index is -0.774. The van der Waals surface area contributed by atoms with Crippen LogP contribution >= 0.6 is 11.8 Å². The summed E-state index contributed by atoms with van der Waals surface area (Å²) in [4.78, 5) is 11.2. The molecule has 5 nitrogen and oxygen atoms in total. The molecule has 0 aliphatic rings. The van der Waals surface area contributed by atoms with Crippen LogP contribution in [0.3, 0.4) is 0 Å². The van der Waals surface area contributed by atoms with E-state index in [2.05, 4.69) is 6.07 Å². The lowest BCUT2D eigenvalue weighted by Crippen LogP contribution is -2.24. The molecular formula is C15H27NO4S. The highest BCUT2D eigenvalue weighted by Crippen LogP contribution is 2.21. The van der Waals surface area contributed by atoms with Gasteiger partial charge in [0.15, 0.2) is 6.29 Å². The minimum Gasteiger partial charge on any atom is -0.480 e.